The van der Waals surface area contributed by atoms with Crippen molar-refractivity contribution in [3.63, 3.8) is 0 Å². The van der Waals surface area contributed by atoms with Crippen LogP contribution in [0.5, 0.6) is 0 Å². The molecule has 0 aliphatic carbocycles. The molecule has 1 rings (SSSR count). The highest BCUT2D eigenvalue weighted by Gasteiger charge is 2.00. The summed E-state index contributed by atoms with van der Waals surface area (Å²) in [5, 5.41) is 2.13. The van der Waals surface area contributed by atoms with Gasteiger partial charge in [-0.25, -0.2) is 4.98 Å². The first-order chi connectivity index (χ1) is 4.83. The maximum atomic E-state index is 4.22. The average Bonchev–Trinajstić information content (AvgIpc) is 2.40. The van der Waals surface area contributed by atoms with Gasteiger partial charge >= 0.3 is 0 Å². The van der Waals surface area contributed by atoms with Gasteiger partial charge in [-0.05, 0) is 12.3 Å². The van der Waals surface area contributed by atoms with E-state index in [-0.39, 0.29) is 0 Å². The molecule has 1 nitrogen and oxygen atoms in total. The highest BCUT2D eigenvalue weighted by molar-refractivity contribution is 7.07. The molecule has 0 bridgehead atoms. The van der Waals surface area contributed by atoms with Gasteiger partial charge in [-0.2, -0.15) is 0 Å². The van der Waals surface area contributed by atoms with Crippen LogP contribution in [0.4, 0.5) is 0 Å². The molecule has 2 heteroatoms. The third-order valence-corrected chi connectivity index (χ3v) is 2.37. The summed E-state index contributed by atoms with van der Waals surface area (Å²) in [4.78, 5) is 4.22. The fourth-order valence-electron chi connectivity index (χ4n) is 0.840. The first kappa shape index (κ1) is 7.73. The van der Waals surface area contributed by atoms with Crippen LogP contribution in [0.3, 0.4) is 0 Å². The number of aromatic nitrogens is 1. The van der Waals surface area contributed by atoms with Gasteiger partial charge < -0.3 is 0 Å². The first-order valence-corrected chi connectivity index (χ1v) is 4.64. The second kappa shape index (κ2) is 3.71. The van der Waals surface area contributed by atoms with E-state index in [9.17, 15) is 0 Å². The Morgan fingerprint density at radius 3 is 3.00 bits per heavy atom. The Labute approximate surface area is 66.1 Å². The SMILES string of the molecule is CCC(C)Cc1cscn1. The maximum Gasteiger partial charge on any atom is 0.0794 e. The second-order valence-electron chi connectivity index (χ2n) is 2.70. The van der Waals surface area contributed by atoms with Crippen LogP contribution in [-0.2, 0) is 6.42 Å². The Morgan fingerprint density at radius 1 is 1.70 bits per heavy atom. The van der Waals surface area contributed by atoms with Crippen LogP contribution in [0.1, 0.15) is 26.0 Å². The minimum Gasteiger partial charge on any atom is -0.250 e. The number of rotatable bonds is 3. The fraction of sp³-hybridized carbons (Fsp3) is 0.625. The zero-order chi connectivity index (χ0) is 7.40. The van der Waals surface area contributed by atoms with E-state index in [1.165, 1.54) is 12.1 Å². The van der Waals surface area contributed by atoms with Gasteiger partial charge in [0.25, 0.3) is 0 Å². The van der Waals surface area contributed by atoms with Gasteiger partial charge in [-0.1, -0.05) is 20.3 Å². The van der Waals surface area contributed by atoms with Gasteiger partial charge in [0.2, 0.25) is 0 Å². The van der Waals surface area contributed by atoms with Crippen molar-refractivity contribution in [2.24, 2.45) is 5.92 Å². The van der Waals surface area contributed by atoms with Gasteiger partial charge in [-0.3, -0.25) is 0 Å². The van der Waals surface area contributed by atoms with Crippen LogP contribution in [0.25, 0.3) is 0 Å². The van der Waals surface area contributed by atoms with Gasteiger partial charge in [0, 0.05) is 5.38 Å². The summed E-state index contributed by atoms with van der Waals surface area (Å²) >= 11 is 1.68. The number of thiazole rings is 1. The summed E-state index contributed by atoms with van der Waals surface area (Å²) in [6.45, 7) is 4.48. The lowest BCUT2D eigenvalue weighted by Crippen LogP contribution is -1.97. The molecule has 1 aromatic heterocycles. The van der Waals surface area contributed by atoms with Crippen molar-refractivity contribution in [1.82, 2.24) is 4.98 Å². The zero-order valence-corrected chi connectivity index (χ0v) is 7.32. The Bertz CT molecular complexity index is 169. The average molecular weight is 155 g/mol. The van der Waals surface area contributed by atoms with Crippen molar-refractivity contribution in [1.29, 1.82) is 0 Å². The van der Waals surface area contributed by atoms with Gasteiger partial charge in [0.05, 0.1) is 11.2 Å². The van der Waals surface area contributed by atoms with Crippen molar-refractivity contribution in [3.05, 3.63) is 16.6 Å². The molecule has 1 heterocycles. The lowest BCUT2D eigenvalue weighted by Gasteiger charge is -2.03. The van der Waals surface area contributed by atoms with Gasteiger partial charge in [0.1, 0.15) is 0 Å². The summed E-state index contributed by atoms with van der Waals surface area (Å²) in [6, 6.07) is 0. The molecule has 0 aliphatic rings. The smallest absolute Gasteiger partial charge is 0.0794 e. The second-order valence-corrected chi connectivity index (χ2v) is 3.42. The summed E-state index contributed by atoms with van der Waals surface area (Å²) in [6.07, 6.45) is 2.39. The zero-order valence-electron chi connectivity index (χ0n) is 6.50. The van der Waals surface area contributed by atoms with E-state index in [2.05, 4.69) is 24.2 Å². The highest BCUT2D eigenvalue weighted by Crippen LogP contribution is 2.10. The molecule has 0 amide bonds. The van der Waals surface area contributed by atoms with Crippen LogP contribution in [0, 0.1) is 5.92 Å². The molecule has 1 atom stereocenters. The monoisotopic (exact) mass is 155 g/mol. The number of hydrogen-bond donors (Lipinski definition) is 0. The third-order valence-electron chi connectivity index (χ3n) is 1.74. The molecule has 56 valence electrons. The molecular weight excluding hydrogens is 142 g/mol. The number of nitrogens with zero attached hydrogens (tertiary/aromatic N) is 1. The van der Waals surface area contributed by atoms with Crippen molar-refractivity contribution < 1.29 is 0 Å². The van der Waals surface area contributed by atoms with E-state index in [4.69, 9.17) is 0 Å². The normalized spacial score (nSPS) is 13.4. The van der Waals surface area contributed by atoms with Crippen LogP contribution in [0.2, 0.25) is 0 Å². The molecule has 1 aromatic rings. The van der Waals surface area contributed by atoms with Crippen molar-refractivity contribution in [2.45, 2.75) is 26.7 Å². The maximum absolute atomic E-state index is 4.22. The molecule has 0 aliphatic heterocycles. The topological polar surface area (TPSA) is 12.9 Å². The van der Waals surface area contributed by atoms with E-state index in [1.807, 2.05) is 5.51 Å². The molecule has 0 N–H and O–H groups in total. The third kappa shape index (κ3) is 2.10. The molecule has 0 saturated carbocycles. The molecule has 0 spiro atoms. The largest absolute Gasteiger partial charge is 0.250 e. The van der Waals surface area contributed by atoms with Crippen molar-refractivity contribution in [2.75, 3.05) is 0 Å². The van der Waals surface area contributed by atoms with Gasteiger partial charge in [0.15, 0.2) is 0 Å². The predicted molar refractivity (Wildman–Crippen MR) is 45.3 cm³/mol. The molecule has 1 unspecified atom stereocenters. The van der Waals surface area contributed by atoms with E-state index in [1.54, 1.807) is 11.3 Å². The molecule has 0 aromatic carbocycles. The van der Waals surface area contributed by atoms with Crippen LogP contribution in [0.15, 0.2) is 10.9 Å². The molecule has 0 radical (unpaired) electrons. The van der Waals surface area contributed by atoms with E-state index in [0.717, 1.165) is 12.3 Å². The van der Waals surface area contributed by atoms with Crippen LogP contribution in [-0.4, -0.2) is 4.98 Å². The molecular formula is C8H13NS. The summed E-state index contributed by atoms with van der Waals surface area (Å²) in [7, 11) is 0. The lowest BCUT2D eigenvalue weighted by molar-refractivity contribution is 0.554. The fourth-order valence-corrected chi connectivity index (χ4v) is 1.41. The number of hydrogen-bond acceptors (Lipinski definition) is 2. The van der Waals surface area contributed by atoms with E-state index >= 15 is 0 Å². The Hall–Kier alpha value is -0.370. The lowest BCUT2D eigenvalue weighted by atomic mass is 10.0. The minimum absolute atomic E-state index is 0.780. The standard InChI is InChI=1S/C8H13NS/c1-3-7(2)4-8-5-10-6-9-8/h5-7H,3-4H2,1-2H3. The molecule has 0 fully saturated rings. The summed E-state index contributed by atoms with van der Waals surface area (Å²) in [5.74, 6) is 0.780. The van der Waals surface area contributed by atoms with Crippen LogP contribution >= 0.6 is 11.3 Å². The van der Waals surface area contributed by atoms with E-state index in [0.29, 0.717) is 0 Å². The minimum atomic E-state index is 0.780. The Balaban J connectivity index is 2.40. The Kier molecular flexibility index (Phi) is 2.87. The summed E-state index contributed by atoms with van der Waals surface area (Å²) in [5.41, 5.74) is 3.15. The van der Waals surface area contributed by atoms with Crippen molar-refractivity contribution >= 4 is 11.3 Å². The highest BCUT2D eigenvalue weighted by atomic mass is 32.1. The molecule has 0 saturated heterocycles. The first-order valence-electron chi connectivity index (χ1n) is 3.70. The Morgan fingerprint density at radius 2 is 2.50 bits per heavy atom. The predicted octanol–water partition coefficient (Wildman–Crippen LogP) is 2.73. The van der Waals surface area contributed by atoms with Gasteiger partial charge in [-0.15, -0.1) is 11.3 Å². The summed E-state index contributed by atoms with van der Waals surface area (Å²) < 4.78 is 0. The van der Waals surface area contributed by atoms with E-state index < -0.39 is 0 Å². The quantitative estimate of drug-likeness (QED) is 0.654. The van der Waals surface area contributed by atoms with Crippen molar-refractivity contribution in [3.8, 4) is 0 Å². The molecule has 10 heavy (non-hydrogen) atoms. The van der Waals surface area contributed by atoms with Crippen LogP contribution < -0.4 is 0 Å².